The maximum atomic E-state index is 13.1. The fourth-order valence-electron chi connectivity index (χ4n) is 3.17. The molecule has 0 fully saturated rings. The monoisotopic (exact) mass is 508 g/mol. The smallest absolute Gasteiger partial charge is 0.261 e. The van der Waals surface area contributed by atoms with Crippen molar-refractivity contribution in [2.45, 2.75) is 53.1 Å². The minimum absolute atomic E-state index is 0.166. The first-order valence-electron chi connectivity index (χ1n) is 10.4. The number of hydrogen-bond donors (Lipinski definition) is 1. The van der Waals surface area contributed by atoms with Crippen molar-refractivity contribution in [3.8, 4) is 5.75 Å². The van der Waals surface area contributed by atoms with Crippen LogP contribution in [0.1, 0.15) is 43.4 Å². The van der Waals surface area contributed by atoms with E-state index < -0.39 is 6.04 Å². The van der Waals surface area contributed by atoms with Crippen LogP contribution < -0.4 is 10.1 Å². The number of nitrogens with zero attached hydrogens (tertiary/aromatic N) is 1. The Morgan fingerprint density at radius 1 is 1.19 bits per heavy atom. The van der Waals surface area contributed by atoms with Gasteiger partial charge in [-0.3, -0.25) is 9.59 Å². The summed E-state index contributed by atoms with van der Waals surface area (Å²) in [5, 5.41) is 3.60. The van der Waals surface area contributed by atoms with E-state index in [-0.39, 0.29) is 18.4 Å². The molecule has 0 saturated carbocycles. The lowest BCUT2D eigenvalue weighted by Crippen LogP contribution is -2.49. The Balaban J connectivity index is 2.15. The molecule has 1 atom stereocenters. The van der Waals surface area contributed by atoms with Gasteiger partial charge in [0, 0.05) is 22.6 Å². The minimum atomic E-state index is -0.624. The van der Waals surface area contributed by atoms with E-state index in [4.69, 9.17) is 16.3 Å². The maximum Gasteiger partial charge on any atom is 0.261 e. The van der Waals surface area contributed by atoms with Crippen molar-refractivity contribution in [1.29, 1.82) is 0 Å². The Labute approximate surface area is 198 Å². The van der Waals surface area contributed by atoms with Gasteiger partial charge in [-0.1, -0.05) is 53.0 Å². The van der Waals surface area contributed by atoms with E-state index in [1.165, 1.54) is 0 Å². The fraction of sp³-hybridized carbons (Fsp3) is 0.417. The molecule has 0 aromatic heterocycles. The molecule has 0 saturated heterocycles. The Bertz CT molecular complexity index is 896. The number of aryl methyl sites for hydroxylation is 2. The lowest BCUT2D eigenvalue weighted by molar-refractivity contribution is -0.142. The molecular weight excluding hydrogens is 480 g/mol. The summed E-state index contributed by atoms with van der Waals surface area (Å²) in [7, 11) is 0. The molecule has 2 aromatic rings. The predicted octanol–water partition coefficient (Wildman–Crippen LogP) is 5.43. The summed E-state index contributed by atoms with van der Waals surface area (Å²) in [6.07, 6.45) is 1.89. The largest absolute Gasteiger partial charge is 0.484 e. The molecule has 1 N–H and O–H groups in total. The lowest BCUT2D eigenvalue weighted by atomic mass is 10.1. The third kappa shape index (κ3) is 7.54. The first-order valence-corrected chi connectivity index (χ1v) is 11.6. The van der Waals surface area contributed by atoms with Crippen molar-refractivity contribution in [3.05, 3.63) is 62.6 Å². The van der Waals surface area contributed by atoms with E-state index in [9.17, 15) is 9.59 Å². The summed E-state index contributed by atoms with van der Waals surface area (Å²) in [6.45, 7) is 8.34. The highest BCUT2D eigenvalue weighted by Gasteiger charge is 2.26. The van der Waals surface area contributed by atoms with Gasteiger partial charge in [-0.25, -0.2) is 0 Å². The Morgan fingerprint density at radius 3 is 2.48 bits per heavy atom. The van der Waals surface area contributed by atoms with Crippen LogP contribution in [0.15, 0.2) is 40.9 Å². The van der Waals surface area contributed by atoms with Crippen molar-refractivity contribution in [2.24, 2.45) is 0 Å². The van der Waals surface area contributed by atoms with Crippen LogP contribution in [-0.4, -0.2) is 35.9 Å². The zero-order chi connectivity index (χ0) is 23.0. The summed E-state index contributed by atoms with van der Waals surface area (Å²) in [4.78, 5) is 27.3. The average molecular weight is 510 g/mol. The summed E-state index contributed by atoms with van der Waals surface area (Å²) in [5.74, 6) is 0.147. The standard InChI is InChI=1S/C24H30BrClN2O3/c1-5-6-10-27-24(30)18(4)28(14-19-8-7-9-20(25)13-19)22(29)15-31-21-11-16(2)23(26)17(3)12-21/h7-9,11-13,18H,5-6,10,14-15H2,1-4H3,(H,27,30)/t18-/m0/s1. The predicted molar refractivity (Wildman–Crippen MR) is 128 cm³/mol. The number of rotatable bonds is 10. The second kappa shape index (κ2) is 12.1. The van der Waals surface area contributed by atoms with Gasteiger partial charge in [0.1, 0.15) is 11.8 Å². The van der Waals surface area contributed by atoms with Gasteiger partial charge in [0.25, 0.3) is 5.91 Å². The first kappa shape index (κ1) is 25.2. The number of carbonyl (C=O) groups is 2. The molecule has 7 heteroatoms. The quantitative estimate of drug-likeness (QED) is 0.434. The maximum absolute atomic E-state index is 13.1. The zero-order valence-corrected chi connectivity index (χ0v) is 20.8. The summed E-state index contributed by atoms with van der Waals surface area (Å²) < 4.78 is 6.68. The van der Waals surface area contributed by atoms with Gasteiger partial charge in [0.2, 0.25) is 5.91 Å². The van der Waals surface area contributed by atoms with Crippen LogP contribution >= 0.6 is 27.5 Å². The van der Waals surface area contributed by atoms with Crippen LogP contribution in [0.4, 0.5) is 0 Å². The van der Waals surface area contributed by atoms with Crippen LogP contribution in [0.25, 0.3) is 0 Å². The van der Waals surface area contributed by atoms with E-state index in [0.29, 0.717) is 23.9 Å². The molecule has 168 valence electrons. The van der Waals surface area contributed by atoms with Crippen LogP contribution in [0.2, 0.25) is 5.02 Å². The topological polar surface area (TPSA) is 58.6 Å². The van der Waals surface area contributed by atoms with Gasteiger partial charge in [-0.05, 0) is 68.1 Å². The third-order valence-electron chi connectivity index (χ3n) is 5.01. The van der Waals surface area contributed by atoms with Gasteiger partial charge in [-0.2, -0.15) is 0 Å². The van der Waals surface area contributed by atoms with Crippen molar-refractivity contribution in [1.82, 2.24) is 10.2 Å². The van der Waals surface area contributed by atoms with E-state index in [0.717, 1.165) is 34.0 Å². The van der Waals surface area contributed by atoms with E-state index >= 15 is 0 Å². The number of amides is 2. The van der Waals surface area contributed by atoms with Crippen molar-refractivity contribution >= 4 is 39.3 Å². The van der Waals surface area contributed by atoms with Crippen LogP contribution in [-0.2, 0) is 16.1 Å². The number of hydrogen-bond acceptors (Lipinski definition) is 3. The highest BCUT2D eigenvalue weighted by atomic mass is 79.9. The molecule has 0 aliphatic heterocycles. The third-order valence-corrected chi connectivity index (χ3v) is 6.10. The van der Waals surface area contributed by atoms with E-state index in [1.54, 1.807) is 11.8 Å². The average Bonchev–Trinajstić information content (AvgIpc) is 2.73. The van der Waals surface area contributed by atoms with Crippen molar-refractivity contribution < 1.29 is 14.3 Å². The Morgan fingerprint density at radius 2 is 1.87 bits per heavy atom. The molecule has 5 nitrogen and oxygen atoms in total. The number of carbonyl (C=O) groups excluding carboxylic acids is 2. The summed E-state index contributed by atoms with van der Waals surface area (Å²) in [5.41, 5.74) is 2.70. The second-order valence-corrected chi connectivity index (χ2v) is 8.93. The van der Waals surface area contributed by atoms with E-state index in [1.807, 2.05) is 50.2 Å². The molecule has 0 aliphatic carbocycles. The molecule has 31 heavy (non-hydrogen) atoms. The minimum Gasteiger partial charge on any atom is -0.484 e. The summed E-state index contributed by atoms with van der Waals surface area (Å²) in [6, 6.07) is 10.7. The molecule has 0 radical (unpaired) electrons. The lowest BCUT2D eigenvalue weighted by Gasteiger charge is -2.29. The molecule has 2 aromatic carbocycles. The van der Waals surface area contributed by atoms with Crippen molar-refractivity contribution in [2.75, 3.05) is 13.2 Å². The highest BCUT2D eigenvalue weighted by Crippen LogP contribution is 2.26. The van der Waals surface area contributed by atoms with Gasteiger partial charge in [0.05, 0.1) is 0 Å². The van der Waals surface area contributed by atoms with Crippen molar-refractivity contribution in [3.63, 3.8) is 0 Å². The van der Waals surface area contributed by atoms with Crippen LogP contribution in [0.3, 0.4) is 0 Å². The fourth-order valence-corrected chi connectivity index (χ4v) is 3.72. The number of halogens is 2. The number of nitrogens with one attached hydrogen (secondary N) is 1. The molecular formula is C24H30BrClN2O3. The van der Waals surface area contributed by atoms with Gasteiger partial charge in [-0.15, -0.1) is 0 Å². The molecule has 0 spiro atoms. The number of benzene rings is 2. The molecule has 0 heterocycles. The summed E-state index contributed by atoms with van der Waals surface area (Å²) >= 11 is 9.67. The first-order chi connectivity index (χ1) is 14.7. The molecule has 0 aliphatic rings. The Hall–Kier alpha value is -2.05. The highest BCUT2D eigenvalue weighted by molar-refractivity contribution is 9.10. The Kier molecular flexibility index (Phi) is 9.85. The zero-order valence-electron chi connectivity index (χ0n) is 18.5. The van der Waals surface area contributed by atoms with Gasteiger partial charge >= 0.3 is 0 Å². The second-order valence-electron chi connectivity index (χ2n) is 7.63. The van der Waals surface area contributed by atoms with Crippen LogP contribution in [0.5, 0.6) is 5.75 Å². The molecule has 0 unspecified atom stereocenters. The molecule has 2 rings (SSSR count). The normalized spacial score (nSPS) is 11.7. The number of ether oxygens (including phenoxy) is 1. The SMILES string of the molecule is CCCCNC(=O)[C@H](C)N(Cc1cccc(Br)c1)C(=O)COc1cc(C)c(Cl)c(C)c1. The van der Waals surface area contributed by atoms with E-state index in [2.05, 4.69) is 28.2 Å². The van der Waals surface area contributed by atoms with Gasteiger partial charge in [0.15, 0.2) is 6.61 Å². The van der Waals surface area contributed by atoms with Gasteiger partial charge < -0.3 is 15.0 Å². The molecule has 2 amide bonds. The van der Waals surface area contributed by atoms with Crippen LogP contribution in [0, 0.1) is 13.8 Å². The number of unbranched alkanes of at least 4 members (excludes halogenated alkanes) is 1. The molecule has 0 bridgehead atoms.